The molecule has 0 N–H and O–H groups in total. The van der Waals surface area contributed by atoms with Crippen LogP contribution in [0.4, 0.5) is 5.69 Å². The van der Waals surface area contributed by atoms with Crippen molar-refractivity contribution in [2.24, 2.45) is 0 Å². The number of hydrogen-bond donors (Lipinski definition) is 0. The molecule has 4 aromatic rings. The largest absolute Gasteiger partial charge is 0.493 e. The Morgan fingerprint density at radius 1 is 1.08 bits per heavy atom. The number of rotatable bonds is 9. The third-order valence-corrected chi connectivity index (χ3v) is 6.97. The van der Waals surface area contributed by atoms with Crippen molar-refractivity contribution >= 4 is 40.3 Å². The molecule has 0 bridgehead atoms. The van der Waals surface area contributed by atoms with Crippen LogP contribution in [0.15, 0.2) is 72.8 Å². The first-order valence-corrected chi connectivity index (χ1v) is 12.9. The highest BCUT2D eigenvalue weighted by molar-refractivity contribution is 6.33. The minimum atomic E-state index is -0.0173. The lowest BCUT2D eigenvalue weighted by molar-refractivity contribution is -0.117. The van der Waals surface area contributed by atoms with Crippen LogP contribution in [-0.4, -0.2) is 35.7 Å². The van der Waals surface area contributed by atoms with Gasteiger partial charge in [-0.15, -0.1) is 0 Å². The van der Waals surface area contributed by atoms with Crippen molar-refractivity contribution in [1.82, 2.24) is 9.55 Å². The predicted molar refractivity (Wildman–Crippen MR) is 149 cm³/mol. The van der Waals surface area contributed by atoms with Crippen molar-refractivity contribution in [2.45, 2.75) is 32.2 Å². The van der Waals surface area contributed by atoms with Gasteiger partial charge in [-0.1, -0.05) is 54.1 Å². The van der Waals surface area contributed by atoms with E-state index in [-0.39, 0.29) is 11.8 Å². The number of para-hydroxylation sites is 3. The van der Waals surface area contributed by atoms with Gasteiger partial charge in [0.05, 0.1) is 35.5 Å². The fourth-order valence-electron chi connectivity index (χ4n) is 4.93. The summed E-state index contributed by atoms with van der Waals surface area (Å²) in [6, 6.07) is 21.5. The molecule has 1 aliphatic rings. The van der Waals surface area contributed by atoms with Gasteiger partial charge in [-0.2, -0.15) is 0 Å². The highest BCUT2D eigenvalue weighted by Crippen LogP contribution is 2.36. The van der Waals surface area contributed by atoms with Gasteiger partial charge in [0.25, 0.3) is 0 Å². The van der Waals surface area contributed by atoms with Crippen LogP contribution >= 0.6 is 11.6 Å². The molecule has 3 aromatic carbocycles. The summed E-state index contributed by atoms with van der Waals surface area (Å²) in [6.45, 7) is 3.80. The van der Waals surface area contributed by atoms with Crippen molar-refractivity contribution in [3.8, 4) is 11.5 Å². The second-order valence-electron chi connectivity index (χ2n) is 9.08. The van der Waals surface area contributed by atoms with E-state index in [9.17, 15) is 4.79 Å². The van der Waals surface area contributed by atoms with E-state index in [4.69, 9.17) is 26.1 Å². The second kappa shape index (κ2) is 11.1. The molecule has 0 spiro atoms. The van der Waals surface area contributed by atoms with Gasteiger partial charge in [-0.3, -0.25) is 4.79 Å². The Balaban J connectivity index is 1.33. The number of nitrogens with zero attached hydrogens (tertiary/aromatic N) is 3. The summed E-state index contributed by atoms with van der Waals surface area (Å²) in [4.78, 5) is 19.7. The summed E-state index contributed by atoms with van der Waals surface area (Å²) in [5.74, 6) is 2.42. The van der Waals surface area contributed by atoms with E-state index in [1.165, 1.54) is 0 Å². The third kappa shape index (κ3) is 5.20. The highest BCUT2D eigenvalue weighted by Gasteiger charge is 2.35. The Kier molecular flexibility index (Phi) is 7.47. The quantitative estimate of drug-likeness (QED) is 0.232. The Morgan fingerprint density at radius 3 is 2.70 bits per heavy atom. The number of halogens is 1. The van der Waals surface area contributed by atoms with Gasteiger partial charge in [0.15, 0.2) is 11.5 Å². The van der Waals surface area contributed by atoms with Crippen LogP contribution < -0.4 is 14.4 Å². The molecule has 1 fully saturated rings. The molecule has 0 radical (unpaired) electrons. The standard InChI is InChI=1S/C30H30ClN3O3/c1-3-9-21-14-15-27(28(18-21)36-2)37-17-8-16-33-26-13-7-5-11-24(26)32-30(33)22-19-29(35)34(20-22)25-12-6-4-10-23(25)31/h3-7,9-15,18,22H,8,16-17,19-20H2,1-2H3/b9-3+. The molecule has 0 aliphatic carbocycles. The van der Waals surface area contributed by atoms with Gasteiger partial charge >= 0.3 is 0 Å². The first-order valence-electron chi connectivity index (χ1n) is 12.5. The summed E-state index contributed by atoms with van der Waals surface area (Å²) in [5, 5.41) is 0.580. The van der Waals surface area contributed by atoms with Gasteiger partial charge in [0, 0.05) is 25.4 Å². The maximum Gasteiger partial charge on any atom is 0.227 e. The first kappa shape index (κ1) is 24.9. The van der Waals surface area contributed by atoms with E-state index in [0.29, 0.717) is 30.3 Å². The summed E-state index contributed by atoms with van der Waals surface area (Å²) in [5.41, 5.74) is 3.82. The average molecular weight is 516 g/mol. The van der Waals surface area contributed by atoms with E-state index in [0.717, 1.165) is 46.8 Å². The molecule has 37 heavy (non-hydrogen) atoms. The van der Waals surface area contributed by atoms with Crippen LogP contribution in [0.2, 0.25) is 5.02 Å². The molecule has 1 unspecified atom stereocenters. The number of ether oxygens (including phenoxy) is 2. The number of aryl methyl sites for hydroxylation is 1. The number of carbonyl (C=O) groups is 1. The smallest absolute Gasteiger partial charge is 0.227 e. The van der Waals surface area contributed by atoms with E-state index in [1.807, 2.05) is 79.7 Å². The third-order valence-electron chi connectivity index (χ3n) is 6.65. The molecule has 190 valence electrons. The Hall–Kier alpha value is -3.77. The number of aromatic nitrogens is 2. The lowest BCUT2D eigenvalue weighted by Gasteiger charge is -2.18. The van der Waals surface area contributed by atoms with Crippen LogP contribution in [0, 0.1) is 0 Å². The van der Waals surface area contributed by atoms with Crippen LogP contribution in [-0.2, 0) is 11.3 Å². The van der Waals surface area contributed by atoms with Gasteiger partial charge in [-0.05, 0) is 55.3 Å². The van der Waals surface area contributed by atoms with E-state index in [1.54, 1.807) is 12.0 Å². The SMILES string of the molecule is C/C=C/c1ccc(OCCCn2c(C3CC(=O)N(c4ccccc4Cl)C3)nc3ccccc32)c(OC)c1. The number of methoxy groups -OCH3 is 1. The van der Waals surface area contributed by atoms with Crippen LogP contribution in [0.3, 0.4) is 0 Å². The van der Waals surface area contributed by atoms with Gasteiger partial charge in [0.1, 0.15) is 5.82 Å². The molecule has 2 heterocycles. The van der Waals surface area contributed by atoms with E-state index >= 15 is 0 Å². The topological polar surface area (TPSA) is 56.6 Å². The summed E-state index contributed by atoms with van der Waals surface area (Å²) in [6.07, 6.45) is 5.20. The molecule has 1 saturated heterocycles. The molecular formula is C30H30ClN3O3. The second-order valence-corrected chi connectivity index (χ2v) is 9.49. The highest BCUT2D eigenvalue weighted by atomic mass is 35.5. The fourth-order valence-corrected chi connectivity index (χ4v) is 5.17. The zero-order valence-electron chi connectivity index (χ0n) is 21.1. The average Bonchev–Trinajstić information content (AvgIpc) is 3.48. The van der Waals surface area contributed by atoms with Crippen LogP contribution in [0.1, 0.15) is 37.1 Å². The number of fused-ring (bicyclic) bond motifs is 1. The van der Waals surface area contributed by atoms with E-state index < -0.39 is 0 Å². The molecular weight excluding hydrogens is 486 g/mol. The molecule has 7 heteroatoms. The zero-order valence-corrected chi connectivity index (χ0v) is 21.8. The number of imidazole rings is 1. The van der Waals surface area contributed by atoms with Gasteiger partial charge in [-0.25, -0.2) is 4.98 Å². The van der Waals surface area contributed by atoms with Crippen LogP contribution in [0.25, 0.3) is 17.1 Å². The minimum Gasteiger partial charge on any atom is -0.493 e. The van der Waals surface area contributed by atoms with Gasteiger partial charge in [0.2, 0.25) is 5.91 Å². The fraction of sp³-hybridized carbons (Fsp3) is 0.267. The maximum absolute atomic E-state index is 13.0. The van der Waals surface area contributed by atoms with E-state index in [2.05, 4.69) is 10.6 Å². The van der Waals surface area contributed by atoms with Crippen molar-refractivity contribution in [2.75, 3.05) is 25.2 Å². The molecule has 1 aromatic heterocycles. The lowest BCUT2D eigenvalue weighted by atomic mass is 10.1. The molecule has 1 amide bonds. The summed E-state index contributed by atoms with van der Waals surface area (Å²) in [7, 11) is 1.65. The number of benzene rings is 3. The minimum absolute atomic E-state index is 0.0173. The summed E-state index contributed by atoms with van der Waals surface area (Å²) >= 11 is 6.40. The predicted octanol–water partition coefficient (Wildman–Crippen LogP) is 6.72. The number of allylic oxidation sites excluding steroid dienone is 1. The lowest BCUT2D eigenvalue weighted by Crippen LogP contribution is -2.24. The monoisotopic (exact) mass is 515 g/mol. The molecule has 6 nitrogen and oxygen atoms in total. The summed E-state index contributed by atoms with van der Waals surface area (Å²) < 4.78 is 13.8. The normalized spacial score (nSPS) is 15.7. The van der Waals surface area contributed by atoms with Gasteiger partial charge < -0.3 is 18.9 Å². The van der Waals surface area contributed by atoms with Crippen molar-refractivity contribution in [3.05, 3.63) is 89.2 Å². The van der Waals surface area contributed by atoms with Crippen molar-refractivity contribution in [3.63, 3.8) is 0 Å². The molecule has 1 atom stereocenters. The van der Waals surface area contributed by atoms with Crippen LogP contribution in [0.5, 0.6) is 11.5 Å². The first-order chi connectivity index (χ1) is 18.1. The number of amides is 1. The Bertz CT molecular complexity index is 1450. The zero-order chi connectivity index (χ0) is 25.8. The van der Waals surface area contributed by atoms with Crippen molar-refractivity contribution in [1.29, 1.82) is 0 Å². The molecule has 0 saturated carbocycles. The number of anilines is 1. The Morgan fingerprint density at radius 2 is 1.89 bits per heavy atom. The Labute approximate surface area is 222 Å². The number of carbonyl (C=O) groups excluding carboxylic acids is 1. The molecule has 5 rings (SSSR count). The number of hydrogen-bond acceptors (Lipinski definition) is 4. The maximum atomic E-state index is 13.0. The molecule has 1 aliphatic heterocycles. The van der Waals surface area contributed by atoms with Crippen molar-refractivity contribution < 1.29 is 14.3 Å².